The Bertz CT molecular complexity index is 750. The lowest BCUT2D eigenvalue weighted by molar-refractivity contribution is -0.123. The number of benzene rings is 1. The van der Waals surface area contributed by atoms with E-state index in [1.165, 1.54) is 0 Å². The molecule has 1 aromatic carbocycles. The molecule has 1 saturated carbocycles. The number of nitrogens with one attached hydrogen (secondary N) is 2. The van der Waals surface area contributed by atoms with Crippen LogP contribution in [-0.2, 0) is 11.3 Å². The van der Waals surface area contributed by atoms with Gasteiger partial charge in [-0.15, -0.1) is 0 Å². The van der Waals surface area contributed by atoms with E-state index in [0.717, 1.165) is 30.4 Å². The Morgan fingerprint density at radius 1 is 1.43 bits per heavy atom. The van der Waals surface area contributed by atoms with Crippen molar-refractivity contribution in [3.05, 3.63) is 34.6 Å². The number of amides is 1. The van der Waals surface area contributed by atoms with Crippen LogP contribution < -0.4 is 5.32 Å². The number of hydrogen-bond acceptors (Lipinski definition) is 4. The van der Waals surface area contributed by atoms with Crippen molar-refractivity contribution in [1.82, 2.24) is 20.1 Å². The Hall–Kier alpha value is -1.99. The van der Waals surface area contributed by atoms with Gasteiger partial charge in [-0.05, 0) is 38.4 Å². The van der Waals surface area contributed by atoms with Gasteiger partial charge < -0.3 is 10.4 Å². The molecule has 122 valence electrons. The summed E-state index contributed by atoms with van der Waals surface area (Å²) < 4.78 is 2.08. The Morgan fingerprint density at radius 3 is 2.83 bits per heavy atom. The van der Waals surface area contributed by atoms with Gasteiger partial charge in [0, 0.05) is 5.56 Å². The van der Waals surface area contributed by atoms with Gasteiger partial charge in [0.15, 0.2) is 10.6 Å². The lowest BCUT2D eigenvalue weighted by atomic mass is 10.1. The maximum absolute atomic E-state index is 12.3. The van der Waals surface area contributed by atoms with Crippen LogP contribution in [0.1, 0.15) is 24.8 Å². The fourth-order valence-corrected chi connectivity index (χ4v) is 3.09. The summed E-state index contributed by atoms with van der Waals surface area (Å²) in [6.45, 7) is 2.10. The van der Waals surface area contributed by atoms with Gasteiger partial charge in [-0.1, -0.05) is 29.8 Å². The van der Waals surface area contributed by atoms with Crippen LogP contribution in [0, 0.1) is 11.7 Å². The number of carbonyl (C=O) groups is 1. The standard InChI is InChI=1S/C16H20N4O2S/c1-10-5-7-11(8-6-10)15-18-19-16(23)20(15)9-14(22)17-12-3-2-4-13(12)21/h5-8,12-13,21H,2-4,9H2,1H3,(H,17,22)(H,19,23). The van der Waals surface area contributed by atoms with Crippen LogP contribution in [0.15, 0.2) is 24.3 Å². The molecule has 0 bridgehead atoms. The number of nitrogens with zero attached hydrogens (tertiary/aromatic N) is 2. The maximum Gasteiger partial charge on any atom is 0.240 e. The number of aromatic nitrogens is 3. The molecule has 3 N–H and O–H groups in total. The van der Waals surface area contributed by atoms with Crippen LogP contribution >= 0.6 is 12.2 Å². The van der Waals surface area contributed by atoms with Crippen molar-refractivity contribution >= 4 is 18.1 Å². The van der Waals surface area contributed by atoms with E-state index < -0.39 is 6.10 Å². The van der Waals surface area contributed by atoms with Gasteiger partial charge in [0.05, 0.1) is 12.1 Å². The van der Waals surface area contributed by atoms with E-state index >= 15 is 0 Å². The molecule has 0 saturated heterocycles. The minimum atomic E-state index is -0.451. The van der Waals surface area contributed by atoms with E-state index in [-0.39, 0.29) is 18.5 Å². The van der Waals surface area contributed by atoms with Gasteiger partial charge in [0.1, 0.15) is 6.54 Å². The summed E-state index contributed by atoms with van der Waals surface area (Å²) in [4.78, 5) is 12.3. The summed E-state index contributed by atoms with van der Waals surface area (Å²) in [5.41, 5.74) is 2.05. The summed E-state index contributed by atoms with van der Waals surface area (Å²) in [5.74, 6) is 0.471. The van der Waals surface area contributed by atoms with Gasteiger partial charge in [-0.25, -0.2) is 0 Å². The summed E-state index contributed by atoms with van der Waals surface area (Å²) >= 11 is 5.24. The van der Waals surface area contributed by atoms with Crippen molar-refractivity contribution in [2.45, 2.75) is 44.9 Å². The molecule has 1 aliphatic rings. The van der Waals surface area contributed by atoms with Crippen molar-refractivity contribution in [3.8, 4) is 11.4 Å². The lowest BCUT2D eigenvalue weighted by Crippen LogP contribution is -2.41. The summed E-state index contributed by atoms with van der Waals surface area (Å²) in [5, 5.41) is 19.7. The molecular formula is C16H20N4O2S. The second kappa shape index (κ2) is 6.64. The van der Waals surface area contributed by atoms with Gasteiger partial charge in [0.25, 0.3) is 0 Å². The van der Waals surface area contributed by atoms with Crippen LogP contribution in [0.4, 0.5) is 0 Å². The molecular weight excluding hydrogens is 312 g/mol. The van der Waals surface area contributed by atoms with E-state index in [4.69, 9.17) is 12.2 Å². The van der Waals surface area contributed by atoms with Gasteiger partial charge in [-0.3, -0.25) is 14.5 Å². The predicted octanol–water partition coefficient (Wildman–Crippen LogP) is 1.95. The average molecular weight is 332 g/mol. The van der Waals surface area contributed by atoms with Crippen LogP contribution in [-0.4, -0.2) is 37.9 Å². The molecule has 0 aliphatic heterocycles. The molecule has 2 unspecified atom stereocenters. The zero-order valence-corrected chi connectivity index (χ0v) is 13.8. The highest BCUT2D eigenvalue weighted by Crippen LogP contribution is 2.20. The summed E-state index contributed by atoms with van der Waals surface area (Å²) in [7, 11) is 0. The molecule has 7 heteroatoms. The molecule has 1 amide bonds. The van der Waals surface area contributed by atoms with Crippen LogP contribution in [0.2, 0.25) is 0 Å². The fourth-order valence-electron chi connectivity index (χ4n) is 2.89. The number of aromatic amines is 1. The highest BCUT2D eigenvalue weighted by atomic mass is 32.1. The number of aliphatic hydroxyl groups excluding tert-OH is 1. The highest BCUT2D eigenvalue weighted by Gasteiger charge is 2.26. The fraction of sp³-hybridized carbons (Fsp3) is 0.438. The van der Waals surface area contributed by atoms with E-state index in [1.54, 1.807) is 4.57 Å². The number of aryl methyl sites for hydroxylation is 1. The summed E-state index contributed by atoms with van der Waals surface area (Å²) in [6, 6.07) is 7.73. The molecule has 2 atom stereocenters. The first-order valence-corrected chi connectivity index (χ1v) is 8.15. The third kappa shape index (κ3) is 3.51. The normalized spacial score (nSPS) is 20.6. The summed E-state index contributed by atoms with van der Waals surface area (Å²) in [6.07, 6.45) is 2.04. The first-order chi connectivity index (χ1) is 11.0. The second-order valence-electron chi connectivity index (χ2n) is 5.98. The average Bonchev–Trinajstić information content (AvgIpc) is 3.08. The van der Waals surface area contributed by atoms with E-state index in [9.17, 15) is 9.90 Å². The SMILES string of the molecule is Cc1ccc(-c2n[nH]c(=S)n2CC(=O)NC2CCCC2O)cc1. The van der Waals surface area contributed by atoms with Crippen LogP contribution in [0.5, 0.6) is 0 Å². The second-order valence-corrected chi connectivity index (χ2v) is 6.36. The van der Waals surface area contributed by atoms with Gasteiger partial charge in [0.2, 0.25) is 5.91 Å². The molecule has 1 aliphatic carbocycles. The number of H-pyrrole nitrogens is 1. The van der Waals surface area contributed by atoms with Gasteiger partial charge >= 0.3 is 0 Å². The lowest BCUT2D eigenvalue weighted by Gasteiger charge is -2.17. The maximum atomic E-state index is 12.3. The number of carbonyl (C=O) groups excluding carboxylic acids is 1. The topological polar surface area (TPSA) is 82.9 Å². The number of rotatable bonds is 4. The molecule has 1 aromatic heterocycles. The van der Waals surface area contributed by atoms with Crippen LogP contribution in [0.25, 0.3) is 11.4 Å². The third-order valence-corrected chi connectivity index (χ3v) is 4.51. The first kappa shape index (κ1) is 15.9. The van der Waals surface area contributed by atoms with Crippen molar-refractivity contribution in [3.63, 3.8) is 0 Å². The number of aliphatic hydroxyl groups is 1. The largest absolute Gasteiger partial charge is 0.391 e. The Kier molecular flexibility index (Phi) is 4.58. The zero-order valence-electron chi connectivity index (χ0n) is 13.0. The van der Waals surface area contributed by atoms with E-state index in [0.29, 0.717) is 10.6 Å². The van der Waals surface area contributed by atoms with Crippen LogP contribution in [0.3, 0.4) is 0 Å². The Labute approximate surface area is 139 Å². The minimum absolute atomic E-state index is 0.0851. The monoisotopic (exact) mass is 332 g/mol. The molecule has 1 fully saturated rings. The van der Waals surface area contributed by atoms with Crippen molar-refractivity contribution < 1.29 is 9.90 Å². The van der Waals surface area contributed by atoms with Crippen molar-refractivity contribution in [2.24, 2.45) is 0 Å². The number of hydrogen-bond donors (Lipinski definition) is 3. The predicted molar refractivity (Wildman–Crippen MR) is 89.4 cm³/mol. The van der Waals surface area contributed by atoms with Crippen molar-refractivity contribution in [1.29, 1.82) is 0 Å². The molecule has 0 radical (unpaired) electrons. The molecule has 23 heavy (non-hydrogen) atoms. The molecule has 2 aromatic rings. The third-order valence-electron chi connectivity index (χ3n) is 4.20. The zero-order chi connectivity index (χ0) is 16.4. The molecule has 0 spiro atoms. The smallest absolute Gasteiger partial charge is 0.240 e. The van der Waals surface area contributed by atoms with Crippen molar-refractivity contribution in [2.75, 3.05) is 0 Å². The minimum Gasteiger partial charge on any atom is -0.391 e. The quantitative estimate of drug-likeness (QED) is 0.747. The Morgan fingerprint density at radius 2 is 2.17 bits per heavy atom. The Balaban J connectivity index is 1.77. The first-order valence-electron chi connectivity index (χ1n) is 7.74. The molecule has 3 rings (SSSR count). The molecule has 6 nitrogen and oxygen atoms in total. The van der Waals surface area contributed by atoms with E-state index in [2.05, 4.69) is 15.5 Å². The highest BCUT2D eigenvalue weighted by molar-refractivity contribution is 7.71. The molecule has 1 heterocycles. The van der Waals surface area contributed by atoms with Gasteiger partial charge in [-0.2, -0.15) is 5.10 Å². The van der Waals surface area contributed by atoms with E-state index in [1.807, 2.05) is 31.2 Å².